The fourth-order valence-electron chi connectivity index (χ4n) is 2.04. The summed E-state index contributed by atoms with van der Waals surface area (Å²) in [5, 5.41) is 14.6. The Morgan fingerprint density at radius 1 is 1.19 bits per heavy atom. The van der Waals surface area contributed by atoms with Crippen LogP contribution in [0.4, 0.5) is 0 Å². The summed E-state index contributed by atoms with van der Waals surface area (Å²) < 4.78 is 10.7. The van der Waals surface area contributed by atoms with Crippen molar-refractivity contribution < 1.29 is 14.4 Å². The van der Waals surface area contributed by atoms with E-state index in [2.05, 4.69) is 15.1 Å². The van der Waals surface area contributed by atoms with Gasteiger partial charge in [0.1, 0.15) is 24.4 Å². The summed E-state index contributed by atoms with van der Waals surface area (Å²) >= 11 is 0. The van der Waals surface area contributed by atoms with Crippen molar-refractivity contribution in [2.45, 2.75) is 20.0 Å². The molecule has 0 radical (unpaired) electrons. The lowest BCUT2D eigenvalue weighted by molar-refractivity contribution is 0.106. The average Bonchev–Trinajstić information content (AvgIpc) is 2.88. The van der Waals surface area contributed by atoms with Crippen molar-refractivity contribution in [1.29, 1.82) is 0 Å². The highest BCUT2D eigenvalue weighted by Gasteiger charge is 2.15. The van der Waals surface area contributed by atoms with E-state index in [-0.39, 0.29) is 6.61 Å². The highest BCUT2D eigenvalue weighted by Crippen LogP contribution is 2.25. The summed E-state index contributed by atoms with van der Waals surface area (Å²) in [6.45, 7) is 3.89. The monoisotopic (exact) mass is 285 g/mol. The Morgan fingerprint density at radius 3 is 2.71 bits per heavy atom. The normalized spacial score (nSPS) is 12.5. The molecule has 3 aromatic rings. The van der Waals surface area contributed by atoms with Gasteiger partial charge in [-0.1, -0.05) is 35.0 Å². The molecule has 0 saturated carbocycles. The SMILES string of the molecule is Cc1ccc(C(O)COc2ncnc3onc(C)c23)cc1. The summed E-state index contributed by atoms with van der Waals surface area (Å²) in [5.74, 6) is 0.366. The number of hydrogen-bond acceptors (Lipinski definition) is 6. The Morgan fingerprint density at radius 2 is 1.95 bits per heavy atom. The van der Waals surface area contributed by atoms with E-state index in [0.29, 0.717) is 22.7 Å². The first-order valence-corrected chi connectivity index (χ1v) is 6.59. The van der Waals surface area contributed by atoms with Gasteiger partial charge >= 0.3 is 0 Å². The summed E-state index contributed by atoms with van der Waals surface area (Å²) in [6, 6.07) is 7.66. The lowest BCUT2D eigenvalue weighted by atomic mass is 10.1. The smallest absolute Gasteiger partial charge is 0.264 e. The lowest BCUT2D eigenvalue weighted by Crippen LogP contribution is -2.10. The molecule has 6 nitrogen and oxygen atoms in total. The van der Waals surface area contributed by atoms with E-state index in [1.807, 2.05) is 31.2 Å². The van der Waals surface area contributed by atoms with Crippen molar-refractivity contribution in [3.63, 3.8) is 0 Å². The molecule has 1 aromatic carbocycles. The van der Waals surface area contributed by atoms with E-state index < -0.39 is 6.10 Å². The van der Waals surface area contributed by atoms with E-state index in [4.69, 9.17) is 9.26 Å². The third-order valence-corrected chi connectivity index (χ3v) is 3.25. The number of fused-ring (bicyclic) bond motifs is 1. The number of hydrogen-bond donors (Lipinski definition) is 1. The van der Waals surface area contributed by atoms with E-state index in [9.17, 15) is 5.11 Å². The summed E-state index contributed by atoms with van der Waals surface area (Å²) in [7, 11) is 0. The number of benzene rings is 1. The van der Waals surface area contributed by atoms with Crippen molar-refractivity contribution in [2.24, 2.45) is 0 Å². The lowest BCUT2D eigenvalue weighted by Gasteiger charge is -2.12. The average molecular weight is 285 g/mol. The van der Waals surface area contributed by atoms with Gasteiger partial charge in [0.25, 0.3) is 5.71 Å². The Labute approximate surface area is 121 Å². The maximum absolute atomic E-state index is 10.2. The van der Waals surface area contributed by atoms with Crippen LogP contribution in [-0.4, -0.2) is 26.8 Å². The molecular formula is C15H15N3O3. The zero-order valence-corrected chi connectivity index (χ0v) is 11.8. The van der Waals surface area contributed by atoms with Crippen LogP contribution in [-0.2, 0) is 0 Å². The van der Waals surface area contributed by atoms with Crippen LogP contribution in [0.3, 0.4) is 0 Å². The van der Waals surface area contributed by atoms with Crippen LogP contribution in [0.25, 0.3) is 11.1 Å². The number of ether oxygens (including phenoxy) is 1. The molecule has 0 aliphatic rings. The van der Waals surface area contributed by atoms with E-state index in [1.54, 1.807) is 6.92 Å². The van der Waals surface area contributed by atoms with Crippen LogP contribution in [0.5, 0.6) is 5.88 Å². The molecular weight excluding hydrogens is 270 g/mol. The fourth-order valence-corrected chi connectivity index (χ4v) is 2.04. The van der Waals surface area contributed by atoms with Gasteiger partial charge in [0, 0.05) is 0 Å². The summed E-state index contributed by atoms with van der Waals surface area (Å²) in [6.07, 6.45) is 0.622. The Bertz CT molecular complexity index is 752. The molecule has 0 bridgehead atoms. The van der Waals surface area contributed by atoms with Crippen molar-refractivity contribution >= 4 is 11.1 Å². The second kappa shape index (κ2) is 5.49. The predicted octanol–water partition coefficient (Wildman–Crippen LogP) is 2.35. The molecule has 1 N–H and O–H groups in total. The van der Waals surface area contributed by atoms with E-state index in [1.165, 1.54) is 6.33 Å². The van der Waals surface area contributed by atoms with Crippen LogP contribution < -0.4 is 4.74 Å². The first-order valence-electron chi connectivity index (χ1n) is 6.59. The molecule has 0 amide bonds. The third-order valence-electron chi connectivity index (χ3n) is 3.25. The molecule has 2 heterocycles. The van der Waals surface area contributed by atoms with Crippen LogP contribution in [0.1, 0.15) is 22.9 Å². The van der Waals surface area contributed by atoms with Gasteiger partial charge in [0.2, 0.25) is 5.88 Å². The standard InChI is InChI=1S/C15H15N3O3/c1-9-3-5-11(6-4-9)12(19)7-20-14-13-10(2)18-21-15(13)17-8-16-14/h3-6,8,12,19H,7H2,1-2H3. The topological polar surface area (TPSA) is 81.3 Å². The fraction of sp³-hybridized carbons (Fsp3) is 0.267. The van der Waals surface area contributed by atoms with Crippen LogP contribution in [0, 0.1) is 13.8 Å². The molecule has 108 valence electrons. The minimum absolute atomic E-state index is 0.0970. The zero-order chi connectivity index (χ0) is 14.8. The van der Waals surface area contributed by atoms with Gasteiger partial charge in [-0.15, -0.1) is 0 Å². The van der Waals surface area contributed by atoms with Gasteiger partial charge in [-0.25, -0.2) is 4.98 Å². The molecule has 1 atom stereocenters. The molecule has 0 aliphatic heterocycles. The molecule has 0 spiro atoms. The maximum atomic E-state index is 10.2. The maximum Gasteiger partial charge on any atom is 0.264 e. The molecule has 2 aromatic heterocycles. The Kier molecular flexibility index (Phi) is 3.53. The van der Waals surface area contributed by atoms with Crippen molar-refractivity contribution in [2.75, 3.05) is 6.61 Å². The minimum Gasteiger partial charge on any atom is -0.474 e. The van der Waals surface area contributed by atoms with Gasteiger partial charge in [-0.3, -0.25) is 0 Å². The first kappa shape index (κ1) is 13.5. The number of aryl methyl sites for hydroxylation is 2. The Hall–Kier alpha value is -2.47. The number of aromatic nitrogens is 3. The number of aliphatic hydroxyl groups excluding tert-OH is 1. The molecule has 1 unspecified atom stereocenters. The molecule has 0 aliphatic carbocycles. The second-order valence-electron chi connectivity index (χ2n) is 4.86. The van der Waals surface area contributed by atoms with Gasteiger partial charge < -0.3 is 14.4 Å². The van der Waals surface area contributed by atoms with Gasteiger partial charge in [0.05, 0.1) is 5.69 Å². The van der Waals surface area contributed by atoms with Gasteiger partial charge in [-0.05, 0) is 19.4 Å². The summed E-state index contributed by atoms with van der Waals surface area (Å²) in [4.78, 5) is 8.05. The van der Waals surface area contributed by atoms with Crippen molar-refractivity contribution in [3.8, 4) is 5.88 Å². The largest absolute Gasteiger partial charge is 0.474 e. The first-order chi connectivity index (χ1) is 10.1. The molecule has 6 heteroatoms. The predicted molar refractivity (Wildman–Crippen MR) is 76.0 cm³/mol. The van der Waals surface area contributed by atoms with Gasteiger partial charge in [0.15, 0.2) is 0 Å². The zero-order valence-electron chi connectivity index (χ0n) is 11.8. The highest BCUT2D eigenvalue weighted by molar-refractivity contribution is 5.80. The van der Waals surface area contributed by atoms with E-state index >= 15 is 0 Å². The highest BCUT2D eigenvalue weighted by atomic mass is 16.5. The number of nitrogens with zero attached hydrogens (tertiary/aromatic N) is 3. The van der Waals surface area contributed by atoms with Crippen molar-refractivity contribution in [3.05, 3.63) is 47.4 Å². The van der Waals surface area contributed by atoms with Gasteiger partial charge in [-0.2, -0.15) is 4.98 Å². The van der Waals surface area contributed by atoms with Crippen LogP contribution >= 0.6 is 0 Å². The van der Waals surface area contributed by atoms with Crippen molar-refractivity contribution in [1.82, 2.24) is 15.1 Å². The van der Waals surface area contributed by atoms with Crippen LogP contribution in [0.15, 0.2) is 35.1 Å². The van der Waals surface area contributed by atoms with Crippen LogP contribution in [0.2, 0.25) is 0 Å². The minimum atomic E-state index is -0.726. The van der Waals surface area contributed by atoms with E-state index in [0.717, 1.165) is 11.1 Å². The second-order valence-corrected chi connectivity index (χ2v) is 4.86. The third kappa shape index (κ3) is 2.71. The molecule has 21 heavy (non-hydrogen) atoms. The Balaban J connectivity index is 1.77. The quantitative estimate of drug-likeness (QED) is 0.792. The summed E-state index contributed by atoms with van der Waals surface area (Å²) in [5.41, 5.74) is 2.98. The number of aliphatic hydroxyl groups is 1. The molecule has 3 rings (SSSR count). The molecule has 0 saturated heterocycles. The molecule has 0 fully saturated rings. The number of rotatable bonds is 4.